The molecule has 3 aromatic carbocycles. The molecule has 1 aromatic heterocycles. The third-order valence-electron chi connectivity index (χ3n) is 5.14. The lowest BCUT2D eigenvalue weighted by Gasteiger charge is -2.13. The zero-order valence-electron chi connectivity index (χ0n) is 16.7. The molecule has 4 aromatic rings. The van der Waals surface area contributed by atoms with Crippen molar-refractivity contribution >= 4 is 0 Å². The highest BCUT2D eigenvalue weighted by Crippen LogP contribution is 2.45. The SMILES string of the molecule is COc1ccc(-c2c(O)c(-c3ccccc3)n(-c3ccc(OC)cc3)c2C)cc1. The lowest BCUT2D eigenvalue weighted by atomic mass is 10.0. The molecule has 29 heavy (non-hydrogen) atoms. The van der Waals surface area contributed by atoms with Gasteiger partial charge in [-0.15, -0.1) is 0 Å². The molecule has 146 valence electrons. The number of rotatable bonds is 5. The zero-order valence-corrected chi connectivity index (χ0v) is 16.7. The van der Waals surface area contributed by atoms with Crippen LogP contribution in [0.1, 0.15) is 5.69 Å². The van der Waals surface area contributed by atoms with E-state index in [2.05, 4.69) is 4.57 Å². The smallest absolute Gasteiger partial charge is 0.149 e. The first-order chi connectivity index (χ1) is 14.1. The Bertz CT molecular complexity index is 1110. The second-order valence-electron chi connectivity index (χ2n) is 6.79. The number of methoxy groups -OCH3 is 2. The van der Waals surface area contributed by atoms with Crippen LogP contribution in [0, 0.1) is 6.92 Å². The molecule has 0 radical (unpaired) electrons. The molecule has 1 N–H and O–H groups in total. The highest BCUT2D eigenvalue weighted by atomic mass is 16.5. The van der Waals surface area contributed by atoms with Gasteiger partial charge in [0.25, 0.3) is 0 Å². The average Bonchev–Trinajstić information content (AvgIpc) is 3.04. The lowest BCUT2D eigenvalue weighted by Crippen LogP contribution is -1.99. The predicted molar refractivity (Wildman–Crippen MR) is 116 cm³/mol. The Morgan fingerprint density at radius 3 is 1.79 bits per heavy atom. The Balaban J connectivity index is 1.97. The van der Waals surface area contributed by atoms with Crippen molar-refractivity contribution in [1.82, 2.24) is 4.57 Å². The van der Waals surface area contributed by atoms with Crippen LogP contribution in [0.3, 0.4) is 0 Å². The van der Waals surface area contributed by atoms with Crippen molar-refractivity contribution in [3.63, 3.8) is 0 Å². The van der Waals surface area contributed by atoms with Gasteiger partial charge in [-0.1, -0.05) is 42.5 Å². The Hall–Kier alpha value is -3.66. The molecule has 0 aliphatic rings. The van der Waals surface area contributed by atoms with Gasteiger partial charge in [0.15, 0.2) is 0 Å². The monoisotopic (exact) mass is 385 g/mol. The fraction of sp³-hybridized carbons (Fsp3) is 0.120. The van der Waals surface area contributed by atoms with E-state index in [1.54, 1.807) is 14.2 Å². The van der Waals surface area contributed by atoms with Crippen LogP contribution in [0.5, 0.6) is 17.2 Å². The largest absolute Gasteiger partial charge is 0.505 e. The second kappa shape index (κ2) is 7.76. The predicted octanol–water partition coefficient (Wildman–Crippen LogP) is 5.84. The number of hydrogen-bond donors (Lipinski definition) is 1. The number of benzene rings is 3. The van der Waals surface area contributed by atoms with Crippen LogP contribution in [0.4, 0.5) is 0 Å². The third kappa shape index (κ3) is 3.34. The summed E-state index contributed by atoms with van der Waals surface area (Å²) in [6.45, 7) is 2.02. The van der Waals surface area contributed by atoms with Gasteiger partial charge < -0.3 is 19.1 Å². The Morgan fingerprint density at radius 2 is 1.24 bits per heavy atom. The second-order valence-corrected chi connectivity index (χ2v) is 6.79. The number of aromatic hydroxyl groups is 1. The summed E-state index contributed by atoms with van der Waals surface area (Å²) in [5.41, 5.74) is 5.37. The molecular formula is C25H23NO3. The average molecular weight is 385 g/mol. The van der Waals surface area contributed by atoms with Crippen LogP contribution in [-0.4, -0.2) is 23.9 Å². The van der Waals surface area contributed by atoms with E-state index in [1.165, 1.54) is 0 Å². The Kier molecular flexibility index (Phi) is 5.00. The standard InChI is InChI=1S/C25H23NO3/c1-17-23(18-9-13-21(28-2)14-10-18)25(27)24(19-7-5-4-6-8-19)26(17)20-11-15-22(29-3)16-12-20/h4-16,27H,1-3H3. The molecule has 4 heteroatoms. The number of aromatic nitrogens is 1. The summed E-state index contributed by atoms with van der Waals surface area (Å²) < 4.78 is 12.7. The lowest BCUT2D eigenvalue weighted by molar-refractivity contribution is 0.414. The maximum absolute atomic E-state index is 11.3. The maximum atomic E-state index is 11.3. The molecule has 1 heterocycles. The molecule has 0 saturated heterocycles. The normalized spacial score (nSPS) is 10.7. The van der Waals surface area contributed by atoms with Gasteiger partial charge in [-0.05, 0) is 48.9 Å². The number of nitrogens with zero attached hydrogens (tertiary/aromatic N) is 1. The van der Waals surface area contributed by atoms with Crippen LogP contribution >= 0.6 is 0 Å². The summed E-state index contributed by atoms with van der Waals surface area (Å²) in [4.78, 5) is 0. The molecule has 0 amide bonds. The number of hydrogen-bond acceptors (Lipinski definition) is 3. The molecule has 0 aliphatic carbocycles. The van der Waals surface area contributed by atoms with Crippen molar-refractivity contribution in [2.75, 3.05) is 14.2 Å². The van der Waals surface area contributed by atoms with Crippen molar-refractivity contribution in [2.24, 2.45) is 0 Å². The minimum atomic E-state index is 0.259. The minimum absolute atomic E-state index is 0.259. The van der Waals surface area contributed by atoms with E-state index >= 15 is 0 Å². The fourth-order valence-corrected chi connectivity index (χ4v) is 3.69. The summed E-state index contributed by atoms with van der Waals surface area (Å²) in [7, 11) is 3.30. The molecule has 0 unspecified atom stereocenters. The molecule has 4 nitrogen and oxygen atoms in total. The van der Waals surface area contributed by atoms with Crippen LogP contribution in [0.15, 0.2) is 78.9 Å². The maximum Gasteiger partial charge on any atom is 0.149 e. The molecule has 0 fully saturated rings. The minimum Gasteiger partial charge on any atom is -0.505 e. The summed E-state index contributed by atoms with van der Waals surface area (Å²) >= 11 is 0. The van der Waals surface area contributed by atoms with Gasteiger partial charge in [-0.25, -0.2) is 0 Å². The van der Waals surface area contributed by atoms with Gasteiger partial charge in [0, 0.05) is 22.5 Å². The van der Waals surface area contributed by atoms with Crippen molar-refractivity contribution in [1.29, 1.82) is 0 Å². The van der Waals surface area contributed by atoms with E-state index in [4.69, 9.17) is 9.47 Å². The van der Waals surface area contributed by atoms with E-state index in [1.807, 2.05) is 85.8 Å². The Morgan fingerprint density at radius 1 is 0.690 bits per heavy atom. The van der Waals surface area contributed by atoms with Gasteiger partial charge in [0.05, 0.1) is 19.9 Å². The molecular weight excluding hydrogens is 362 g/mol. The zero-order chi connectivity index (χ0) is 20.4. The topological polar surface area (TPSA) is 43.6 Å². The van der Waals surface area contributed by atoms with Gasteiger partial charge in [0.2, 0.25) is 0 Å². The van der Waals surface area contributed by atoms with Gasteiger partial charge in [-0.3, -0.25) is 0 Å². The van der Waals surface area contributed by atoms with E-state index in [9.17, 15) is 5.11 Å². The molecule has 0 atom stereocenters. The summed E-state index contributed by atoms with van der Waals surface area (Å²) in [6.07, 6.45) is 0. The first-order valence-electron chi connectivity index (χ1n) is 9.42. The van der Waals surface area contributed by atoms with Gasteiger partial charge >= 0.3 is 0 Å². The van der Waals surface area contributed by atoms with Crippen molar-refractivity contribution < 1.29 is 14.6 Å². The first-order valence-corrected chi connectivity index (χ1v) is 9.42. The number of ether oxygens (including phenoxy) is 2. The summed E-state index contributed by atoms with van der Waals surface area (Å²) in [5, 5.41) is 11.3. The third-order valence-corrected chi connectivity index (χ3v) is 5.14. The van der Waals surface area contributed by atoms with Crippen LogP contribution in [0.25, 0.3) is 28.1 Å². The van der Waals surface area contributed by atoms with Crippen molar-refractivity contribution in [2.45, 2.75) is 6.92 Å². The molecule has 4 rings (SSSR count). The Labute approximate surface area is 170 Å². The quantitative estimate of drug-likeness (QED) is 0.469. The molecule has 0 aliphatic heterocycles. The highest BCUT2D eigenvalue weighted by Gasteiger charge is 2.23. The van der Waals surface area contributed by atoms with E-state index in [0.717, 1.165) is 45.3 Å². The van der Waals surface area contributed by atoms with Crippen LogP contribution in [0.2, 0.25) is 0 Å². The van der Waals surface area contributed by atoms with Crippen LogP contribution < -0.4 is 9.47 Å². The van der Waals surface area contributed by atoms with Gasteiger partial charge in [-0.2, -0.15) is 0 Å². The first kappa shape index (κ1) is 18.7. The van der Waals surface area contributed by atoms with Crippen molar-refractivity contribution in [3.8, 4) is 45.3 Å². The molecule has 0 saturated carbocycles. The van der Waals surface area contributed by atoms with E-state index < -0.39 is 0 Å². The fourth-order valence-electron chi connectivity index (χ4n) is 3.69. The van der Waals surface area contributed by atoms with E-state index in [-0.39, 0.29) is 5.75 Å². The summed E-state index contributed by atoms with van der Waals surface area (Å²) in [6, 6.07) is 25.5. The summed E-state index contributed by atoms with van der Waals surface area (Å²) in [5.74, 6) is 1.83. The van der Waals surface area contributed by atoms with E-state index in [0.29, 0.717) is 0 Å². The molecule has 0 spiro atoms. The van der Waals surface area contributed by atoms with Gasteiger partial charge in [0.1, 0.15) is 17.2 Å². The highest BCUT2D eigenvalue weighted by molar-refractivity contribution is 5.85. The van der Waals surface area contributed by atoms with Crippen LogP contribution in [-0.2, 0) is 0 Å². The van der Waals surface area contributed by atoms with Crippen molar-refractivity contribution in [3.05, 3.63) is 84.6 Å². The molecule has 0 bridgehead atoms.